The van der Waals surface area contributed by atoms with Gasteiger partial charge < -0.3 is 0 Å². The van der Waals surface area contributed by atoms with Gasteiger partial charge in [-0.2, -0.15) is 4.31 Å². The van der Waals surface area contributed by atoms with E-state index in [-0.39, 0.29) is 0 Å². The summed E-state index contributed by atoms with van der Waals surface area (Å²) in [6, 6.07) is 16.2. The second-order valence-electron chi connectivity index (χ2n) is 6.17. The lowest BCUT2D eigenvalue weighted by atomic mass is 9.98. The van der Waals surface area contributed by atoms with E-state index < -0.39 is 10.0 Å². The van der Waals surface area contributed by atoms with Crippen LogP contribution in [0, 0.1) is 0 Å². The molecule has 2 aliphatic rings. The molecule has 0 aromatic heterocycles. The van der Waals surface area contributed by atoms with Crippen LogP contribution in [0.3, 0.4) is 0 Å². The largest absolute Gasteiger partial charge is 0.239 e. The predicted molar refractivity (Wildman–Crippen MR) is 92.2 cm³/mol. The number of hydrogen-bond acceptors (Lipinski definition) is 2. The molecular formula is C19H19NO2S. The van der Waals surface area contributed by atoms with Crippen LogP contribution in [0.1, 0.15) is 28.7 Å². The van der Waals surface area contributed by atoms with E-state index in [2.05, 4.69) is 12.1 Å². The van der Waals surface area contributed by atoms with Gasteiger partial charge in [-0.25, -0.2) is 8.42 Å². The maximum absolute atomic E-state index is 13.0. The lowest BCUT2D eigenvalue weighted by Gasteiger charge is -2.30. The Morgan fingerprint density at radius 1 is 0.783 bits per heavy atom. The topological polar surface area (TPSA) is 37.4 Å². The van der Waals surface area contributed by atoms with Gasteiger partial charge >= 0.3 is 0 Å². The average Bonchev–Trinajstić information content (AvgIpc) is 2.61. The van der Waals surface area contributed by atoms with Gasteiger partial charge in [-0.3, -0.25) is 0 Å². The van der Waals surface area contributed by atoms with Crippen molar-refractivity contribution in [3.63, 3.8) is 0 Å². The molecule has 0 spiro atoms. The minimum Gasteiger partial charge on any atom is -0.207 e. The number of sulfonamides is 1. The standard InChI is InChI=1S/C19H19NO2S/c21-23(22,19-10-9-15-5-1-3-7-17(15)13-19)20-12-11-16-6-2-4-8-18(16)14-20/h1-8,13H,9-12,14H2. The number of aryl methyl sites for hydroxylation is 1. The molecule has 0 N–H and O–H groups in total. The molecule has 0 fully saturated rings. The van der Waals surface area contributed by atoms with Crippen molar-refractivity contribution in [1.82, 2.24) is 4.31 Å². The average molecular weight is 325 g/mol. The lowest BCUT2D eigenvalue weighted by molar-refractivity contribution is 0.394. The van der Waals surface area contributed by atoms with E-state index >= 15 is 0 Å². The van der Waals surface area contributed by atoms with Gasteiger partial charge in [0, 0.05) is 13.1 Å². The maximum atomic E-state index is 13.0. The van der Waals surface area contributed by atoms with Crippen molar-refractivity contribution in [2.24, 2.45) is 0 Å². The zero-order valence-corrected chi connectivity index (χ0v) is 13.7. The number of fused-ring (bicyclic) bond motifs is 2. The molecule has 0 saturated carbocycles. The fraction of sp³-hybridized carbons (Fsp3) is 0.263. The maximum Gasteiger partial charge on any atom is 0.239 e. The molecule has 1 heterocycles. The van der Waals surface area contributed by atoms with Crippen LogP contribution in [0.2, 0.25) is 0 Å². The summed E-state index contributed by atoms with van der Waals surface area (Å²) in [6.07, 6.45) is 4.04. The van der Waals surface area contributed by atoms with Crippen LogP contribution in [-0.4, -0.2) is 19.3 Å². The molecule has 2 aromatic carbocycles. The summed E-state index contributed by atoms with van der Waals surface area (Å²) >= 11 is 0. The van der Waals surface area contributed by atoms with Crippen LogP contribution in [0.5, 0.6) is 0 Å². The number of allylic oxidation sites excluding steroid dienone is 1. The molecule has 0 unspecified atom stereocenters. The van der Waals surface area contributed by atoms with Gasteiger partial charge in [-0.05, 0) is 47.6 Å². The summed E-state index contributed by atoms with van der Waals surface area (Å²) in [5.74, 6) is 0. The molecule has 3 nitrogen and oxygen atoms in total. The van der Waals surface area contributed by atoms with Crippen LogP contribution in [0.4, 0.5) is 0 Å². The molecular weight excluding hydrogens is 306 g/mol. The number of benzene rings is 2. The molecule has 0 amide bonds. The van der Waals surface area contributed by atoms with Gasteiger partial charge in [0.25, 0.3) is 0 Å². The third-order valence-electron chi connectivity index (χ3n) is 4.78. The summed E-state index contributed by atoms with van der Waals surface area (Å²) in [5, 5.41) is 0. The van der Waals surface area contributed by atoms with E-state index in [1.165, 1.54) is 11.1 Å². The van der Waals surface area contributed by atoms with Crippen LogP contribution in [0.15, 0.2) is 53.4 Å². The van der Waals surface area contributed by atoms with Crippen molar-refractivity contribution in [1.29, 1.82) is 0 Å². The Bertz CT molecular complexity index is 884. The van der Waals surface area contributed by atoms with Crippen molar-refractivity contribution >= 4 is 16.1 Å². The fourth-order valence-electron chi connectivity index (χ4n) is 3.45. The number of nitrogens with zero attached hydrogens (tertiary/aromatic N) is 1. The monoisotopic (exact) mass is 325 g/mol. The van der Waals surface area contributed by atoms with Crippen molar-refractivity contribution < 1.29 is 8.42 Å². The molecule has 4 rings (SSSR count). The number of hydrogen-bond donors (Lipinski definition) is 0. The molecule has 118 valence electrons. The van der Waals surface area contributed by atoms with Crippen LogP contribution in [-0.2, 0) is 29.4 Å². The normalized spacial score (nSPS) is 18.0. The van der Waals surface area contributed by atoms with E-state index in [1.807, 2.05) is 42.5 Å². The molecule has 4 heteroatoms. The van der Waals surface area contributed by atoms with Crippen molar-refractivity contribution in [2.75, 3.05) is 6.54 Å². The van der Waals surface area contributed by atoms with Gasteiger partial charge in [0.1, 0.15) is 0 Å². The van der Waals surface area contributed by atoms with Crippen LogP contribution >= 0.6 is 0 Å². The summed E-state index contributed by atoms with van der Waals surface area (Å²) in [7, 11) is -3.38. The first-order valence-electron chi connectivity index (χ1n) is 8.00. The Balaban J connectivity index is 1.66. The second kappa shape index (κ2) is 5.62. The van der Waals surface area contributed by atoms with E-state index in [1.54, 1.807) is 4.31 Å². The highest BCUT2D eigenvalue weighted by atomic mass is 32.2. The molecule has 0 bridgehead atoms. The van der Waals surface area contributed by atoms with Crippen molar-refractivity contribution in [3.05, 3.63) is 75.7 Å². The third kappa shape index (κ3) is 2.62. The van der Waals surface area contributed by atoms with Crippen LogP contribution < -0.4 is 0 Å². The van der Waals surface area contributed by atoms with Gasteiger partial charge in [-0.1, -0.05) is 48.5 Å². The Hall–Kier alpha value is -1.91. The third-order valence-corrected chi connectivity index (χ3v) is 6.76. The number of rotatable bonds is 2. The Morgan fingerprint density at radius 3 is 2.30 bits per heavy atom. The summed E-state index contributed by atoms with van der Waals surface area (Å²) < 4.78 is 27.7. The highest BCUT2D eigenvalue weighted by Gasteiger charge is 2.31. The first-order valence-corrected chi connectivity index (χ1v) is 9.44. The van der Waals surface area contributed by atoms with Gasteiger partial charge in [0.05, 0.1) is 4.91 Å². The molecule has 0 saturated heterocycles. The van der Waals surface area contributed by atoms with Gasteiger partial charge in [-0.15, -0.1) is 0 Å². The van der Waals surface area contributed by atoms with E-state index in [4.69, 9.17) is 0 Å². The molecule has 23 heavy (non-hydrogen) atoms. The second-order valence-corrected chi connectivity index (χ2v) is 8.16. The summed E-state index contributed by atoms with van der Waals surface area (Å²) in [4.78, 5) is 0.551. The Kier molecular flexibility index (Phi) is 3.58. The van der Waals surface area contributed by atoms with Gasteiger partial charge in [0.2, 0.25) is 10.0 Å². The SMILES string of the molecule is O=S(=O)(C1=Cc2ccccc2CC1)N1CCc2ccccc2C1. The van der Waals surface area contributed by atoms with Crippen LogP contribution in [0.25, 0.3) is 6.08 Å². The fourth-order valence-corrected chi connectivity index (χ4v) is 5.06. The highest BCUT2D eigenvalue weighted by Crippen LogP contribution is 2.31. The molecule has 0 radical (unpaired) electrons. The van der Waals surface area contributed by atoms with E-state index in [0.29, 0.717) is 24.4 Å². The van der Waals surface area contributed by atoms with E-state index in [9.17, 15) is 8.42 Å². The zero-order chi connectivity index (χ0) is 15.9. The van der Waals surface area contributed by atoms with E-state index in [0.717, 1.165) is 24.0 Å². The molecule has 2 aromatic rings. The quantitative estimate of drug-likeness (QED) is 0.849. The lowest BCUT2D eigenvalue weighted by Crippen LogP contribution is -2.37. The molecule has 1 aliphatic heterocycles. The minimum absolute atomic E-state index is 0.484. The minimum atomic E-state index is -3.38. The summed E-state index contributed by atoms with van der Waals surface area (Å²) in [5.41, 5.74) is 4.66. The Labute approximate surface area is 137 Å². The molecule has 1 aliphatic carbocycles. The van der Waals surface area contributed by atoms with Crippen molar-refractivity contribution in [3.8, 4) is 0 Å². The smallest absolute Gasteiger partial charge is 0.207 e. The van der Waals surface area contributed by atoms with Crippen molar-refractivity contribution in [2.45, 2.75) is 25.8 Å². The first kappa shape index (κ1) is 14.7. The Morgan fingerprint density at radius 2 is 1.48 bits per heavy atom. The first-order chi connectivity index (χ1) is 11.1. The van der Waals surface area contributed by atoms with Gasteiger partial charge in [0.15, 0.2) is 0 Å². The zero-order valence-electron chi connectivity index (χ0n) is 12.9. The predicted octanol–water partition coefficient (Wildman–Crippen LogP) is 3.36. The molecule has 0 atom stereocenters. The summed E-state index contributed by atoms with van der Waals surface area (Å²) in [6.45, 7) is 1.05. The highest BCUT2D eigenvalue weighted by molar-refractivity contribution is 7.93.